The van der Waals surface area contributed by atoms with Gasteiger partial charge in [0.2, 0.25) is 10.0 Å². The number of benzene rings is 1. The summed E-state index contributed by atoms with van der Waals surface area (Å²) in [5.74, 6) is 0. The topological polar surface area (TPSA) is 84.5 Å². The second-order valence-electron chi connectivity index (χ2n) is 6.36. The van der Waals surface area contributed by atoms with Gasteiger partial charge in [-0.1, -0.05) is 0 Å². The van der Waals surface area contributed by atoms with Crippen LogP contribution in [0.2, 0.25) is 0 Å². The quantitative estimate of drug-likeness (QED) is 0.873. The zero-order valence-electron chi connectivity index (χ0n) is 14.1. The summed E-state index contributed by atoms with van der Waals surface area (Å²) in [5, 5.41) is 10.1. The van der Waals surface area contributed by atoms with Crippen molar-refractivity contribution in [1.29, 1.82) is 0 Å². The Hall–Kier alpha value is -1.64. The Balaban J connectivity index is 2.79. The molecule has 0 saturated heterocycles. The summed E-state index contributed by atoms with van der Waals surface area (Å²) in [7, 11) is -0.675. The largest absolute Gasteiger partial charge is 0.389 e. The van der Waals surface area contributed by atoms with Gasteiger partial charge in [0.1, 0.15) is 0 Å². The number of sulfonamides is 1. The summed E-state index contributed by atoms with van der Waals surface area (Å²) < 4.78 is 28.7. The third kappa shape index (κ3) is 3.19. The molecule has 8 heteroatoms. The zero-order valence-corrected chi connectivity index (χ0v) is 14.9. The average molecular weight is 341 g/mol. The number of hydrogen-bond donors (Lipinski definition) is 1. The van der Waals surface area contributed by atoms with Crippen LogP contribution in [0.4, 0.5) is 0 Å². The average Bonchev–Trinajstić information content (AvgIpc) is 2.68. The number of aliphatic hydroxyl groups is 1. The molecule has 1 aromatic carbocycles. The van der Waals surface area contributed by atoms with Crippen LogP contribution in [0.3, 0.4) is 0 Å². The van der Waals surface area contributed by atoms with Gasteiger partial charge in [-0.2, -0.15) is 0 Å². The number of rotatable bonds is 5. The predicted molar refractivity (Wildman–Crippen MR) is 89.0 cm³/mol. The highest BCUT2D eigenvalue weighted by molar-refractivity contribution is 7.89. The van der Waals surface area contributed by atoms with E-state index < -0.39 is 15.6 Å². The zero-order chi connectivity index (χ0) is 17.6. The standard InChI is InChI=1S/C15H23N3O4S/c1-6-17-12-8-7-11(23(21,22)16(4)5)9-13(12)18(14(17)19)10-15(2,3)20/h7-9,20H,6,10H2,1-5H3. The van der Waals surface area contributed by atoms with E-state index >= 15 is 0 Å². The van der Waals surface area contributed by atoms with Crippen molar-refractivity contribution in [3.8, 4) is 0 Å². The molecule has 1 N–H and O–H groups in total. The van der Waals surface area contributed by atoms with Crippen molar-refractivity contribution >= 4 is 21.1 Å². The minimum atomic E-state index is -3.59. The summed E-state index contributed by atoms with van der Waals surface area (Å²) in [6.07, 6.45) is 0. The fraction of sp³-hybridized carbons (Fsp3) is 0.533. The van der Waals surface area contributed by atoms with Crippen LogP contribution >= 0.6 is 0 Å². The first-order chi connectivity index (χ1) is 10.5. The molecule has 0 spiro atoms. The molecule has 0 aliphatic rings. The van der Waals surface area contributed by atoms with Gasteiger partial charge < -0.3 is 5.11 Å². The maximum atomic E-state index is 12.5. The van der Waals surface area contributed by atoms with Gasteiger partial charge in [-0.05, 0) is 39.0 Å². The summed E-state index contributed by atoms with van der Waals surface area (Å²) in [6.45, 7) is 5.61. The van der Waals surface area contributed by atoms with Crippen molar-refractivity contribution < 1.29 is 13.5 Å². The molecule has 0 unspecified atom stereocenters. The Labute approximate surface area is 135 Å². The first kappa shape index (κ1) is 17.7. The van der Waals surface area contributed by atoms with Crippen LogP contribution in [0.15, 0.2) is 27.9 Å². The number of fused-ring (bicyclic) bond motifs is 1. The lowest BCUT2D eigenvalue weighted by atomic mass is 10.1. The maximum Gasteiger partial charge on any atom is 0.329 e. The summed E-state index contributed by atoms with van der Waals surface area (Å²) in [4.78, 5) is 12.7. The van der Waals surface area contributed by atoms with Gasteiger partial charge in [0.25, 0.3) is 0 Å². The maximum absolute atomic E-state index is 12.5. The molecule has 0 radical (unpaired) electrons. The van der Waals surface area contributed by atoms with E-state index in [2.05, 4.69) is 0 Å². The van der Waals surface area contributed by atoms with Gasteiger partial charge in [0.05, 0.1) is 28.1 Å². The molecule has 1 heterocycles. The molecule has 0 atom stereocenters. The van der Waals surface area contributed by atoms with Crippen molar-refractivity contribution in [3.63, 3.8) is 0 Å². The molecule has 0 aliphatic carbocycles. The minimum absolute atomic E-state index is 0.0841. The fourth-order valence-corrected chi connectivity index (χ4v) is 3.44. The van der Waals surface area contributed by atoms with Crippen LogP contribution in [0.1, 0.15) is 20.8 Å². The van der Waals surface area contributed by atoms with Crippen molar-refractivity contribution in [2.45, 2.75) is 44.4 Å². The van der Waals surface area contributed by atoms with Gasteiger partial charge in [0, 0.05) is 20.6 Å². The van der Waals surface area contributed by atoms with E-state index in [0.29, 0.717) is 17.6 Å². The molecule has 23 heavy (non-hydrogen) atoms. The SMILES string of the molecule is CCn1c(=O)n(CC(C)(C)O)c2cc(S(=O)(=O)N(C)C)ccc21. The van der Waals surface area contributed by atoms with E-state index in [4.69, 9.17) is 0 Å². The van der Waals surface area contributed by atoms with Crippen LogP contribution in [-0.2, 0) is 23.1 Å². The van der Waals surface area contributed by atoms with E-state index in [0.717, 1.165) is 4.31 Å². The Morgan fingerprint density at radius 1 is 1.17 bits per heavy atom. The fourth-order valence-electron chi connectivity index (χ4n) is 2.52. The highest BCUT2D eigenvalue weighted by Crippen LogP contribution is 2.22. The Morgan fingerprint density at radius 3 is 2.26 bits per heavy atom. The van der Waals surface area contributed by atoms with E-state index in [-0.39, 0.29) is 17.1 Å². The van der Waals surface area contributed by atoms with E-state index in [9.17, 15) is 18.3 Å². The van der Waals surface area contributed by atoms with Gasteiger partial charge in [-0.3, -0.25) is 9.13 Å². The monoisotopic (exact) mass is 341 g/mol. The molecule has 1 aromatic heterocycles. The van der Waals surface area contributed by atoms with E-state index in [1.54, 1.807) is 24.5 Å². The molecule has 0 bridgehead atoms. The molecule has 2 rings (SSSR count). The molecule has 0 saturated carbocycles. The van der Waals surface area contributed by atoms with Crippen LogP contribution in [0.25, 0.3) is 11.0 Å². The summed E-state index contributed by atoms with van der Waals surface area (Å²) in [5.41, 5.74) is -0.196. The Kier molecular flexibility index (Phi) is 4.44. The second-order valence-corrected chi connectivity index (χ2v) is 8.52. The third-order valence-corrected chi connectivity index (χ3v) is 5.44. The lowest BCUT2D eigenvalue weighted by Gasteiger charge is -2.18. The van der Waals surface area contributed by atoms with Crippen LogP contribution in [-0.4, -0.2) is 46.7 Å². The van der Waals surface area contributed by atoms with Crippen molar-refractivity contribution in [1.82, 2.24) is 13.4 Å². The summed E-state index contributed by atoms with van der Waals surface area (Å²) >= 11 is 0. The van der Waals surface area contributed by atoms with Crippen LogP contribution in [0.5, 0.6) is 0 Å². The van der Waals surface area contributed by atoms with Gasteiger partial charge >= 0.3 is 5.69 Å². The van der Waals surface area contributed by atoms with Gasteiger partial charge in [0.15, 0.2) is 0 Å². The summed E-state index contributed by atoms with van der Waals surface area (Å²) in [6, 6.07) is 4.62. The molecule has 7 nitrogen and oxygen atoms in total. The predicted octanol–water partition coefficient (Wildman–Crippen LogP) is 0.844. The van der Waals surface area contributed by atoms with Crippen molar-refractivity contribution in [2.75, 3.05) is 14.1 Å². The lowest BCUT2D eigenvalue weighted by Crippen LogP contribution is -2.33. The van der Waals surface area contributed by atoms with Crippen molar-refractivity contribution in [3.05, 3.63) is 28.7 Å². The smallest absolute Gasteiger partial charge is 0.329 e. The molecule has 0 amide bonds. The second kappa shape index (κ2) is 5.77. The first-order valence-corrected chi connectivity index (χ1v) is 8.81. The number of nitrogens with zero attached hydrogens (tertiary/aromatic N) is 3. The lowest BCUT2D eigenvalue weighted by molar-refractivity contribution is 0.0615. The minimum Gasteiger partial charge on any atom is -0.389 e. The molecular weight excluding hydrogens is 318 g/mol. The number of imidazole rings is 1. The van der Waals surface area contributed by atoms with E-state index in [1.807, 2.05) is 6.92 Å². The third-order valence-electron chi connectivity index (χ3n) is 3.63. The first-order valence-electron chi connectivity index (χ1n) is 7.37. The highest BCUT2D eigenvalue weighted by Gasteiger charge is 2.23. The Bertz CT molecular complexity index is 886. The van der Waals surface area contributed by atoms with Crippen LogP contribution < -0.4 is 5.69 Å². The van der Waals surface area contributed by atoms with Gasteiger partial charge in [-0.15, -0.1) is 0 Å². The van der Waals surface area contributed by atoms with Crippen LogP contribution in [0, 0.1) is 0 Å². The number of hydrogen-bond acceptors (Lipinski definition) is 4. The normalized spacial score (nSPS) is 13.2. The highest BCUT2D eigenvalue weighted by atomic mass is 32.2. The molecule has 0 aliphatic heterocycles. The number of aromatic nitrogens is 2. The van der Waals surface area contributed by atoms with Crippen molar-refractivity contribution in [2.24, 2.45) is 0 Å². The molecule has 0 fully saturated rings. The van der Waals surface area contributed by atoms with Gasteiger partial charge in [-0.25, -0.2) is 17.5 Å². The Morgan fingerprint density at radius 2 is 1.78 bits per heavy atom. The van der Waals surface area contributed by atoms with E-state index in [1.165, 1.54) is 30.8 Å². The molecule has 2 aromatic rings. The molecule has 128 valence electrons. The number of aryl methyl sites for hydroxylation is 1. The molecular formula is C15H23N3O4S.